The normalized spacial score (nSPS) is 10.6. The van der Waals surface area contributed by atoms with Gasteiger partial charge in [-0.1, -0.05) is 0 Å². The van der Waals surface area contributed by atoms with Crippen LogP contribution in [0.3, 0.4) is 0 Å². The molecule has 88 valence electrons. The van der Waals surface area contributed by atoms with Gasteiger partial charge in [-0.15, -0.1) is 0 Å². The fourth-order valence-electron chi connectivity index (χ4n) is 1.81. The Labute approximate surface area is 96.0 Å². The van der Waals surface area contributed by atoms with E-state index in [1.807, 2.05) is 0 Å². The van der Waals surface area contributed by atoms with Crippen LogP contribution >= 0.6 is 0 Å². The van der Waals surface area contributed by atoms with Crippen molar-refractivity contribution in [3.63, 3.8) is 0 Å². The van der Waals surface area contributed by atoms with Crippen molar-refractivity contribution in [3.8, 4) is 0 Å². The summed E-state index contributed by atoms with van der Waals surface area (Å²) < 4.78 is 0. The number of nitrogens with one attached hydrogen (secondary N) is 1. The lowest BCUT2D eigenvalue weighted by atomic mass is 10.1. The first-order chi connectivity index (χ1) is 7.99. The maximum atomic E-state index is 10.6. The van der Waals surface area contributed by atoms with Crippen LogP contribution in [0.1, 0.15) is 11.3 Å². The minimum absolute atomic E-state index is 0.00137. The molecule has 1 aromatic carbocycles. The van der Waals surface area contributed by atoms with Gasteiger partial charge in [0.15, 0.2) is 0 Å². The molecule has 2 N–H and O–H groups in total. The van der Waals surface area contributed by atoms with Gasteiger partial charge in [0.1, 0.15) is 0 Å². The summed E-state index contributed by atoms with van der Waals surface area (Å²) in [6.45, 7) is 1.75. The van der Waals surface area contributed by atoms with Gasteiger partial charge in [0.05, 0.1) is 11.3 Å². The molecular weight excluding hydrogens is 224 g/mol. The molecule has 0 aliphatic carbocycles. The van der Waals surface area contributed by atoms with Crippen LogP contribution in [0.4, 0.5) is 5.69 Å². The lowest BCUT2D eigenvalue weighted by molar-refractivity contribution is -0.384. The van der Waals surface area contributed by atoms with Crippen LogP contribution in [-0.2, 0) is 11.2 Å². The molecule has 1 aromatic heterocycles. The number of carboxylic acid groups (broad SMARTS) is 1. The zero-order valence-corrected chi connectivity index (χ0v) is 9.06. The highest BCUT2D eigenvalue weighted by atomic mass is 16.6. The van der Waals surface area contributed by atoms with Crippen molar-refractivity contribution in [3.05, 3.63) is 39.6 Å². The van der Waals surface area contributed by atoms with E-state index in [1.54, 1.807) is 13.0 Å². The largest absolute Gasteiger partial charge is 0.481 e. The molecule has 17 heavy (non-hydrogen) atoms. The number of hydrogen-bond donors (Lipinski definition) is 2. The zero-order valence-electron chi connectivity index (χ0n) is 9.06. The maximum Gasteiger partial charge on any atom is 0.309 e. The quantitative estimate of drug-likeness (QED) is 0.627. The highest BCUT2D eigenvalue weighted by Gasteiger charge is 2.13. The molecule has 6 heteroatoms. The predicted molar refractivity (Wildman–Crippen MR) is 61.0 cm³/mol. The van der Waals surface area contributed by atoms with Gasteiger partial charge in [0, 0.05) is 28.7 Å². The molecule has 0 aliphatic heterocycles. The molecule has 2 aromatic rings. The number of carbonyl (C=O) groups is 1. The van der Waals surface area contributed by atoms with E-state index in [0.717, 1.165) is 5.56 Å². The molecule has 0 radical (unpaired) electrons. The van der Waals surface area contributed by atoms with Gasteiger partial charge in [-0.05, 0) is 18.6 Å². The highest BCUT2D eigenvalue weighted by molar-refractivity contribution is 5.87. The summed E-state index contributed by atoms with van der Waals surface area (Å²) in [5, 5.41) is 20.1. The summed E-state index contributed by atoms with van der Waals surface area (Å²) in [5.74, 6) is -0.936. The number of nitrogens with zero attached hydrogens (tertiary/aromatic N) is 1. The van der Waals surface area contributed by atoms with Gasteiger partial charge in [0.2, 0.25) is 0 Å². The maximum absolute atomic E-state index is 10.6. The number of rotatable bonds is 3. The summed E-state index contributed by atoms with van der Waals surface area (Å²) in [5.41, 5.74) is 2.03. The number of non-ortho nitro benzene ring substituents is 1. The standard InChI is InChI=1S/C11H10N2O4/c1-6-8-4-7(13(16)17)2-3-9(8)12-10(6)5-11(14)15/h2-4,12H,5H2,1H3,(H,14,15). The molecule has 0 fully saturated rings. The van der Waals surface area contributed by atoms with Gasteiger partial charge in [-0.2, -0.15) is 0 Å². The van der Waals surface area contributed by atoms with E-state index in [2.05, 4.69) is 4.98 Å². The minimum atomic E-state index is -0.936. The van der Waals surface area contributed by atoms with E-state index in [1.165, 1.54) is 12.1 Å². The van der Waals surface area contributed by atoms with Crippen LogP contribution in [0.2, 0.25) is 0 Å². The van der Waals surface area contributed by atoms with Gasteiger partial charge in [0.25, 0.3) is 5.69 Å². The molecule has 0 aliphatic rings. The number of H-pyrrole nitrogens is 1. The first kappa shape index (κ1) is 11.1. The molecule has 0 unspecified atom stereocenters. The zero-order chi connectivity index (χ0) is 12.6. The van der Waals surface area contributed by atoms with E-state index in [0.29, 0.717) is 16.6 Å². The molecule has 0 atom stereocenters. The third-order valence-electron chi connectivity index (χ3n) is 2.68. The summed E-state index contributed by atoms with van der Waals surface area (Å²) in [6, 6.07) is 4.43. The Hall–Kier alpha value is -2.37. The molecule has 0 bridgehead atoms. The number of aliphatic carboxylic acids is 1. The second-order valence-electron chi connectivity index (χ2n) is 3.79. The van der Waals surface area contributed by atoms with E-state index < -0.39 is 10.9 Å². The number of aryl methyl sites for hydroxylation is 1. The second kappa shape index (κ2) is 3.89. The smallest absolute Gasteiger partial charge is 0.309 e. The summed E-state index contributed by atoms with van der Waals surface area (Å²) >= 11 is 0. The van der Waals surface area contributed by atoms with Gasteiger partial charge >= 0.3 is 5.97 Å². The Kier molecular flexibility index (Phi) is 2.55. The number of aromatic amines is 1. The number of hydrogen-bond acceptors (Lipinski definition) is 3. The first-order valence-corrected chi connectivity index (χ1v) is 4.96. The number of nitro groups is 1. The second-order valence-corrected chi connectivity index (χ2v) is 3.79. The highest BCUT2D eigenvalue weighted by Crippen LogP contribution is 2.26. The molecule has 0 spiro atoms. The number of carboxylic acids is 1. The third kappa shape index (κ3) is 1.96. The number of nitro benzene ring substituents is 1. The molecule has 0 saturated heterocycles. The van der Waals surface area contributed by atoms with Crippen molar-refractivity contribution in [1.29, 1.82) is 0 Å². The fraction of sp³-hybridized carbons (Fsp3) is 0.182. The lowest BCUT2D eigenvalue weighted by Crippen LogP contribution is -2.01. The van der Waals surface area contributed by atoms with E-state index in [-0.39, 0.29) is 12.1 Å². The van der Waals surface area contributed by atoms with E-state index in [9.17, 15) is 14.9 Å². The van der Waals surface area contributed by atoms with Crippen molar-refractivity contribution in [1.82, 2.24) is 4.98 Å². The molecule has 6 nitrogen and oxygen atoms in total. The topological polar surface area (TPSA) is 96.2 Å². The van der Waals surface area contributed by atoms with Crippen LogP contribution < -0.4 is 0 Å². The minimum Gasteiger partial charge on any atom is -0.481 e. The SMILES string of the molecule is Cc1c(CC(=O)O)[nH]c2ccc([N+](=O)[O-])cc12. The molecule has 0 saturated carbocycles. The van der Waals surface area contributed by atoms with Crippen LogP contribution in [0.15, 0.2) is 18.2 Å². The summed E-state index contributed by atoms with van der Waals surface area (Å²) in [6.07, 6.45) is -0.117. The van der Waals surface area contributed by atoms with Crippen LogP contribution in [0.5, 0.6) is 0 Å². The van der Waals surface area contributed by atoms with Gasteiger partial charge in [-0.3, -0.25) is 14.9 Å². The Bertz CT molecular complexity index is 615. The number of fused-ring (bicyclic) bond motifs is 1. The van der Waals surface area contributed by atoms with Crippen molar-refractivity contribution < 1.29 is 14.8 Å². The van der Waals surface area contributed by atoms with Crippen LogP contribution in [-0.4, -0.2) is 21.0 Å². The van der Waals surface area contributed by atoms with Gasteiger partial charge < -0.3 is 10.1 Å². The fourth-order valence-corrected chi connectivity index (χ4v) is 1.81. The van der Waals surface area contributed by atoms with Crippen molar-refractivity contribution >= 4 is 22.6 Å². The van der Waals surface area contributed by atoms with Crippen LogP contribution in [0, 0.1) is 17.0 Å². The lowest BCUT2D eigenvalue weighted by Gasteiger charge is -1.94. The van der Waals surface area contributed by atoms with E-state index >= 15 is 0 Å². The van der Waals surface area contributed by atoms with Crippen molar-refractivity contribution in [2.45, 2.75) is 13.3 Å². The number of aromatic nitrogens is 1. The van der Waals surface area contributed by atoms with Crippen molar-refractivity contribution in [2.24, 2.45) is 0 Å². The summed E-state index contributed by atoms with van der Waals surface area (Å²) in [4.78, 5) is 23.8. The monoisotopic (exact) mass is 234 g/mol. The molecule has 1 heterocycles. The average Bonchev–Trinajstić information content (AvgIpc) is 2.55. The Morgan fingerprint density at radius 2 is 2.24 bits per heavy atom. The first-order valence-electron chi connectivity index (χ1n) is 4.96. The Balaban J connectivity index is 2.58. The summed E-state index contributed by atoms with van der Waals surface area (Å²) in [7, 11) is 0. The van der Waals surface area contributed by atoms with Crippen LogP contribution in [0.25, 0.3) is 10.9 Å². The average molecular weight is 234 g/mol. The Morgan fingerprint density at radius 3 is 2.82 bits per heavy atom. The molecule has 2 rings (SSSR count). The Morgan fingerprint density at radius 1 is 1.53 bits per heavy atom. The third-order valence-corrected chi connectivity index (χ3v) is 2.68. The number of benzene rings is 1. The molecular formula is C11H10N2O4. The van der Waals surface area contributed by atoms with Gasteiger partial charge in [-0.25, -0.2) is 0 Å². The predicted octanol–water partition coefficient (Wildman–Crippen LogP) is 2.01. The van der Waals surface area contributed by atoms with Crippen molar-refractivity contribution in [2.75, 3.05) is 0 Å². The molecule has 0 amide bonds. The van der Waals surface area contributed by atoms with E-state index in [4.69, 9.17) is 5.11 Å².